The van der Waals surface area contributed by atoms with Gasteiger partial charge in [0.2, 0.25) is 17.4 Å². The Bertz CT molecular complexity index is 637. The van der Waals surface area contributed by atoms with Gasteiger partial charge in [0.25, 0.3) is 0 Å². The van der Waals surface area contributed by atoms with Crippen molar-refractivity contribution in [2.75, 3.05) is 5.73 Å². The van der Waals surface area contributed by atoms with Crippen molar-refractivity contribution in [1.29, 1.82) is 0 Å². The quantitative estimate of drug-likeness (QED) is 0.737. The number of oxazole rings is 1. The number of aryl methyl sites for hydroxylation is 1. The minimum Gasteiger partial charge on any atom is -0.443 e. The first kappa shape index (κ1) is 9.41. The Morgan fingerprint density at radius 1 is 1.44 bits per heavy atom. The Labute approximate surface area is 94.9 Å². The third kappa shape index (κ3) is 1.47. The van der Waals surface area contributed by atoms with Gasteiger partial charge in [0.1, 0.15) is 6.26 Å². The summed E-state index contributed by atoms with van der Waals surface area (Å²) in [4.78, 5) is 8.61. The van der Waals surface area contributed by atoms with Gasteiger partial charge in [0.15, 0.2) is 5.52 Å². The molecule has 3 rings (SSSR count). The third-order valence-corrected chi connectivity index (χ3v) is 3.04. The highest BCUT2D eigenvalue weighted by atomic mass is 32.1. The fourth-order valence-electron chi connectivity index (χ4n) is 1.53. The predicted octanol–water partition coefficient (Wildman–Crippen LogP) is 2.36. The van der Waals surface area contributed by atoms with Crippen molar-refractivity contribution in [2.24, 2.45) is 0 Å². The molecule has 0 unspecified atom stereocenters. The van der Waals surface area contributed by atoms with Crippen molar-refractivity contribution in [3.05, 3.63) is 28.2 Å². The van der Waals surface area contributed by atoms with Gasteiger partial charge < -0.3 is 14.6 Å². The van der Waals surface area contributed by atoms with Crippen molar-refractivity contribution in [1.82, 2.24) is 9.97 Å². The van der Waals surface area contributed by atoms with Crippen molar-refractivity contribution in [2.45, 2.75) is 13.3 Å². The van der Waals surface area contributed by atoms with Crippen LogP contribution in [0.3, 0.4) is 0 Å². The molecule has 0 atom stereocenters. The average molecular weight is 235 g/mol. The summed E-state index contributed by atoms with van der Waals surface area (Å²) in [5.74, 6) is 0.876. The van der Waals surface area contributed by atoms with Gasteiger partial charge in [-0.25, -0.2) is 9.97 Å². The minimum atomic E-state index is 0.267. The summed E-state index contributed by atoms with van der Waals surface area (Å²) >= 11 is 1.61. The van der Waals surface area contributed by atoms with Crippen LogP contribution in [0.1, 0.15) is 16.6 Å². The monoisotopic (exact) mass is 235 g/mol. The topological polar surface area (TPSA) is 78.1 Å². The number of aromatic nitrogens is 2. The maximum atomic E-state index is 5.57. The molecule has 0 amide bonds. The molecule has 0 aliphatic rings. The molecule has 3 heterocycles. The van der Waals surface area contributed by atoms with E-state index in [0.29, 0.717) is 23.4 Å². The summed E-state index contributed by atoms with van der Waals surface area (Å²) < 4.78 is 10.5. The molecule has 82 valence electrons. The number of nitrogen functional groups attached to an aromatic ring is 1. The van der Waals surface area contributed by atoms with E-state index in [1.54, 1.807) is 11.3 Å². The molecule has 3 aromatic rings. The van der Waals surface area contributed by atoms with Crippen LogP contribution in [0.5, 0.6) is 0 Å². The Balaban J connectivity index is 1.94. The lowest BCUT2D eigenvalue weighted by Crippen LogP contribution is -1.88. The van der Waals surface area contributed by atoms with Crippen LogP contribution < -0.4 is 5.73 Å². The second-order valence-electron chi connectivity index (χ2n) is 3.46. The molecule has 0 bridgehead atoms. The van der Waals surface area contributed by atoms with Crippen LogP contribution in [0.2, 0.25) is 0 Å². The van der Waals surface area contributed by atoms with Crippen LogP contribution in [0.4, 0.5) is 5.88 Å². The summed E-state index contributed by atoms with van der Waals surface area (Å²) in [6.45, 7) is 1.97. The molecule has 0 saturated heterocycles. The molecule has 0 spiro atoms. The zero-order valence-electron chi connectivity index (χ0n) is 8.56. The number of nitrogens with zero attached hydrogens (tertiary/aromatic N) is 2. The first-order valence-corrected chi connectivity index (χ1v) is 5.64. The van der Waals surface area contributed by atoms with E-state index in [4.69, 9.17) is 14.6 Å². The SMILES string of the molecule is Cc1nc(Cc2nc3coc(N)c3o2)cs1. The fourth-order valence-corrected chi connectivity index (χ4v) is 2.14. The Kier molecular flexibility index (Phi) is 1.97. The molecule has 0 radical (unpaired) electrons. The zero-order chi connectivity index (χ0) is 11.1. The second-order valence-corrected chi connectivity index (χ2v) is 4.52. The molecular weight excluding hydrogens is 226 g/mol. The molecule has 3 aromatic heterocycles. The lowest BCUT2D eigenvalue weighted by Gasteiger charge is -1.89. The Hall–Kier alpha value is -1.82. The van der Waals surface area contributed by atoms with Gasteiger partial charge in [-0.2, -0.15) is 0 Å². The highest BCUT2D eigenvalue weighted by molar-refractivity contribution is 7.09. The van der Waals surface area contributed by atoms with Crippen LogP contribution in [0.25, 0.3) is 11.1 Å². The molecule has 6 heteroatoms. The van der Waals surface area contributed by atoms with Gasteiger partial charge in [0, 0.05) is 5.38 Å². The van der Waals surface area contributed by atoms with Gasteiger partial charge in [-0.05, 0) is 6.92 Å². The van der Waals surface area contributed by atoms with Crippen LogP contribution in [-0.4, -0.2) is 9.97 Å². The molecule has 0 aliphatic carbocycles. The van der Waals surface area contributed by atoms with E-state index in [9.17, 15) is 0 Å². The number of fused-ring (bicyclic) bond motifs is 1. The molecular formula is C10H9N3O2S. The van der Waals surface area contributed by atoms with Gasteiger partial charge in [-0.3, -0.25) is 0 Å². The minimum absolute atomic E-state index is 0.267. The maximum absolute atomic E-state index is 5.57. The maximum Gasteiger partial charge on any atom is 0.235 e. The third-order valence-electron chi connectivity index (χ3n) is 2.22. The van der Waals surface area contributed by atoms with Gasteiger partial charge >= 0.3 is 0 Å². The van der Waals surface area contributed by atoms with E-state index in [1.165, 1.54) is 6.26 Å². The summed E-state index contributed by atoms with van der Waals surface area (Å²) in [6, 6.07) is 0. The largest absolute Gasteiger partial charge is 0.443 e. The standard InChI is InChI=1S/C10H9N3O2S/c1-5-12-6(4-16-5)2-8-13-7-3-14-10(11)9(7)15-8/h3-4H,2,11H2,1H3. The number of thiazole rings is 1. The molecule has 2 N–H and O–H groups in total. The van der Waals surface area contributed by atoms with Crippen molar-refractivity contribution in [3.63, 3.8) is 0 Å². The van der Waals surface area contributed by atoms with E-state index in [-0.39, 0.29) is 5.88 Å². The first-order chi connectivity index (χ1) is 7.72. The summed E-state index contributed by atoms with van der Waals surface area (Å²) in [5, 5.41) is 3.04. The van der Waals surface area contributed by atoms with Gasteiger partial charge in [-0.1, -0.05) is 0 Å². The predicted molar refractivity (Wildman–Crippen MR) is 60.3 cm³/mol. The van der Waals surface area contributed by atoms with Crippen LogP contribution >= 0.6 is 11.3 Å². The van der Waals surface area contributed by atoms with Crippen molar-refractivity contribution in [3.8, 4) is 0 Å². The van der Waals surface area contributed by atoms with Gasteiger partial charge in [0.05, 0.1) is 17.1 Å². The summed E-state index contributed by atoms with van der Waals surface area (Å²) in [5.41, 5.74) is 7.70. The Morgan fingerprint density at radius 3 is 3.00 bits per heavy atom. The van der Waals surface area contributed by atoms with E-state index < -0.39 is 0 Å². The highest BCUT2D eigenvalue weighted by Crippen LogP contribution is 2.24. The van der Waals surface area contributed by atoms with E-state index in [0.717, 1.165) is 10.7 Å². The molecule has 0 saturated carbocycles. The normalized spacial score (nSPS) is 11.3. The number of nitrogens with two attached hydrogens (primary N) is 1. The van der Waals surface area contributed by atoms with E-state index >= 15 is 0 Å². The first-order valence-electron chi connectivity index (χ1n) is 4.76. The highest BCUT2D eigenvalue weighted by Gasteiger charge is 2.13. The van der Waals surface area contributed by atoms with Crippen molar-refractivity contribution < 1.29 is 8.83 Å². The fraction of sp³-hybridized carbons (Fsp3) is 0.200. The second kappa shape index (κ2) is 3.34. The molecule has 5 nitrogen and oxygen atoms in total. The number of hydrogen-bond acceptors (Lipinski definition) is 6. The molecule has 0 fully saturated rings. The molecule has 16 heavy (non-hydrogen) atoms. The summed E-state index contributed by atoms with van der Waals surface area (Å²) in [6.07, 6.45) is 2.07. The van der Waals surface area contributed by atoms with Crippen LogP contribution in [0.15, 0.2) is 20.5 Å². The van der Waals surface area contributed by atoms with Crippen LogP contribution in [-0.2, 0) is 6.42 Å². The number of rotatable bonds is 2. The Morgan fingerprint density at radius 2 is 2.31 bits per heavy atom. The van der Waals surface area contributed by atoms with Crippen molar-refractivity contribution >= 4 is 28.3 Å². The number of anilines is 1. The van der Waals surface area contributed by atoms with Crippen LogP contribution in [0, 0.1) is 6.92 Å². The zero-order valence-corrected chi connectivity index (χ0v) is 9.37. The molecule has 0 aliphatic heterocycles. The number of hydrogen-bond donors (Lipinski definition) is 1. The van der Waals surface area contributed by atoms with Gasteiger partial charge in [-0.15, -0.1) is 11.3 Å². The molecule has 0 aromatic carbocycles. The summed E-state index contributed by atoms with van der Waals surface area (Å²) in [7, 11) is 0. The van der Waals surface area contributed by atoms with E-state index in [1.807, 2.05) is 12.3 Å². The lowest BCUT2D eigenvalue weighted by molar-refractivity contribution is 0.523. The number of furan rings is 1. The lowest BCUT2D eigenvalue weighted by atomic mass is 10.3. The smallest absolute Gasteiger partial charge is 0.235 e. The average Bonchev–Trinajstić information content (AvgIpc) is 2.88. The van der Waals surface area contributed by atoms with E-state index in [2.05, 4.69) is 9.97 Å².